The summed E-state index contributed by atoms with van der Waals surface area (Å²) in [6, 6.07) is 4.62. The fourth-order valence-electron chi connectivity index (χ4n) is 3.26. The molecule has 2 heterocycles. The Bertz CT molecular complexity index is 896. The van der Waals surface area contributed by atoms with Gasteiger partial charge in [-0.1, -0.05) is 20.8 Å². The lowest BCUT2D eigenvalue weighted by Gasteiger charge is -2.30. The van der Waals surface area contributed by atoms with Crippen LogP contribution < -0.4 is 9.47 Å². The molecular formula is C21H29NO7S. The van der Waals surface area contributed by atoms with Gasteiger partial charge >= 0.3 is 5.97 Å². The third kappa shape index (κ3) is 5.13. The van der Waals surface area contributed by atoms with Crippen LogP contribution in [-0.2, 0) is 24.3 Å². The molecule has 166 valence electrons. The number of carbonyl (C=O) groups excluding carboxylic acids is 2. The first kappa shape index (κ1) is 22.6. The molecule has 2 aliphatic heterocycles. The van der Waals surface area contributed by atoms with Gasteiger partial charge in [-0.3, -0.25) is 9.59 Å². The first-order chi connectivity index (χ1) is 14.1. The van der Waals surface area contributed by atoms with Crippen LogP contribution in [0.1, 0.15) is 40.0 Å². The molecule has 1 saturated heterocycles. The molecule has 0 aliphatic carbocycles. The Morgan fingerprint density at radius 1 is 1.10 bits per heavy atom. The highest BCUT2D eigenvalue weighted by Crippen LogP contribution is 2.34. The van der Waals surface area contributed by atoms with Crippen LogP contribution in [0.2, 0.25) is 0 Å². The predicted octanol–water partition coefficient (Wildman–Crippen LogP) is 2.41. The standard InChI is InChI=1S/C21H29NO7S/c1-21(2,3)19(23)14-29-20(24)15-7-9-22(10-8-15)30(25,26)16-5-6-17-18(13-16)28-12-4-11-27-17/h5-6,13,15H,4,7-12,14H2,1-3H3. The summed E-state index contributed by atoms with van der Waals surface area (Å²) in [6.07, 6.45) is 1.44. The summed E-state index contributed by atoms with van der Waals surface area (Å²) in [5.74, 6) is -0.0354. The average molecular weight is 440 g/mol. The number of esters is 1. The van der Waals surface area contributed by atoms with E-state index >= 15 is 0 Å². The largest absolute Gasteiger partial charge is 0.490 e. The molecule has 8 nitrogen and oxygen atoms in total. The molecule has 2 aliphatic rings. The minimum absolute atomic E-state index is 0.142. The number of ketones is 1. The Morgan fingerprint density at radius 2 is 1.73 bits per heavy atom. The van der Waals surface area contributed by atoms with Crippen LogP contribution in [0.15, 0.2) is 23.1 Å². The molecule has 0 saturated carbocycles. The highest BCUT2D eigenvalue weighted by molar-refractivity contribution is 7.89. The number of benzene rings is 1. The molecule has 0 bridgehead atoms. The average Bonchev–Trinajstić information content (AvgIpc) is 2.96. The lowest BCUT2D eigenvalue weighted by atomic mass is 9.91. The van der Waals surface area contributed by atoms with Gasteiger partial charge in [-0.25, -0.2) is 8.42 Å². The van der Waals surface area contributed by atoms with E-state index in [0.717, 1.165) is 6.42 Å². The molecule has 0 spiro atoms. The summed E-state index contributed by atoms with van der Waals surface area (Å²) in [4.78, 5) is 24.4. The number of fused-ring (bicyclic) bond motifs is 1. The third-order valence-electron chi connectivity index (χ3n) is 5.33. The molecule has 0 aromatic heterocycles. The topological polar surface area (TPSA) is 99.2 Å². The van der Waals surface area contributed by atoms with Gasteiger partial charge in [0.2, 0.25) is 10.0 Å². The second-order valence-corrected chi connectivity index (χ2v) is 10.6. The SMILES string of the molecule is CC(C)(C)C(=O)COC(=O)C1CCN(S(=O)(=O)c2ccc3c(c2)OCCCO3)CC1. The van der Waals surface area contributed by atoms with Crippen LogP contribution >= 0.6 is 0 Å². The maximum Gasteiger partial charge on any atom is 0.309 e. The van der Waals surface area contributed by atoms with E-state index in [9.17, 15) is 18.0 Å². The lowest BCUT2D eigenvalue weighted by Crippen LogP contribution is -2.41. The minimum atomic E-state index is -3.71. The Morgan fingerprint density at radius 3 is 2.37 bits per heavy atom. The second kappa shape index (κ2) is 8.93. The van der Waals surface area contributed by atoms with Gasteiger partial charge in [0.15, 0.2) is 23.9 Å². The number of hydrogen-bond donors (Lipinski definition) is 0. The van der Waals surface area contributed by atoms with Gasteiger partial charge in [-0.2, -0.15) is 4.31 Å². The van der Waals surface area contributed by atoms with Crippen LogP contribution in [0.25, 0.3) is 0 Å². The van der Waals surface area contributed by atoms with Crippen LogP contribution in [0.5, 0.6) is 11.5 Å². The van der Waals surface area contributed by atoms with E-state index in [-0.39, 0.29) is 30.4 Å². The molecule has 1 aromatic carbocycles. The Labute approximate surface area is 177 Å². The first-order valence-corrected chi connectivity index (χ1v) is 11.6. The summed E-state index contributed by atoms with van der Waals surface area (Å²) in [5, 5.41) is 0. The summed E-state index contributed by atoms with van der Waals surface area (Å²) >= 11 is 0. The van der Waals surface area contributed by atoms with Crippen molar-refractivity contribution in [3.63, 3.8) is 0 Å². The molecule has 0 radical (unpaired) electrons. The quantitative estimate of drug-likeness (QED) is 0.650. The number of Topliss-reactive ketones (excluding diaryl/α,β-unsaturated/α-hetero) is 1. The van der Waals surface area contributed by atoms with Crippen LogP contribution in [0.4, 0.5) is 0 Å². The first-order valence-electron chi connectivity index (χ1n) is 10.2. The van der Waals surface area contributed by atoms with Crippen LogP contribution in [-0.4, -0.2) is 57.4 Å². The van der Waals surface area contributed by atoms with Gasteiger partial charge in [-0.05, 0) is 25.0 Å². The van der Waals surface area contributed by atoms with Crippen molar-refractivity contribution in [3.05, 3.63) is 18.2 Å². The molecule has 0 amide bonds. The monoisotopic (exact) mass is 439 g/mol. The van der Waals surface area contributed by atoms with E-state index in [0.29, 0.717) is 37.6 Å². The van der Waals surface area contributed by atoms with E-state index in [1.54, 1.807) is 26.8 Å². The Hall–Kier alpha value is -2.13. The highest BCUT2D eigenvalue weighted by atomic mass is 32.2. The summed E-state index contributed by atoms with van der Waals surface area (Å²) in [7, 11) is -3.71. The molecule has 9 heteroatoms. The summed E-state index contributed by atoms with van der Waals surface area (Å²) in [5.41, 5.74) is -0.569. The second-order valence-electron chi connectivity index (χ2n) is 8.62. The zero-order valence-corrected chi connectivity index (χ0v) is 18.5. The zero-order chi connectivity index (χ0) is 21.9. The third-order valence-corrected chi connectivity index (χ3v) is 7.22. The number of ether oxygens (including phenoxy) is 3. The molecule has 30 heavy (non-hydrogen) atoms. The van der Waals surface area contributed by atoms with Gasteiger partial charge < -0.3 is 14.2 Å². The van der Waals surface area contributed by atoms with E-state index in [2.05, 4.69) is 0 Å². The molecule has 3 rings (SSSR count). The van der Waals surface area contributed by atoms with Gasteiger partial charge in [0.25, 0.3) is 0 Å². The van der Waals surface area contributed by atoms with Crippen molar-refractivity contribution in [2.45, 2.75) is 44.9 Å². The van der Waals surface area contributed by atoms with E-state index < -0.39 is 27.3 Å². The highest BCUT2D eigenvalue weighted by Gasteiger charge is 2.34. The molecule has 1 fully saturated rings. The van der Waals surface area contributed by atoms with E-state index in [1.165, 1.54) is 16.4 Å². The number of nitrogens with zero attached hydrogens (tertiary/aromatic N) is 1. The van der Waals surface area contributed by atoms with E-state index in [4.69, 9.17) is 14.2 Å². The van der Waals surface area contributed by atoms with Crippen molar-refractivity contribution >= 4 is 21.8 Å². The zero-order valence-electron chi connectivity index (χ0n) is 17.7. The normalized spacial score (nSPS) is 18.5. The number of piperidine rings is 1. The van der Waals surface area contributed by atoms with Gasteiger partial charge in [0, 0.05) is 31.0 Å². The van der Waals surface area contributed by atoms with Gasteiger partial charge in [-0.15, -0.1) is 0 Å². The number of carbonyl (C=O) groups is 2. The minimum Gasteiger partial charge on any atom is -0.490 e. The molecule has 0 unspecified atom stereocenters. The fraction of sp³-hybridized carbons (Fsp3) is 0.619. The molecule has 0 atom stereocenters. The Balaban J connectivity index is 1.59. The molecule has 1 aromatic rings. The number of sulfonamides is 1. The maximum absolute atomic E-state index is 13.0. The number of hydrogen-bond acceptors (Lipinski definition) is 7. The van der Waals surface area contributed by atoms with Crippen molar-refractivity contribution in [1.82, 2.24) is 4.31 Å². The fourth-order valence-corrected chi connectivity index (χ4v) is 4.74. The Kier molecular flexibility index (Phi) is 6.71. The van der Waals surface area contributed by atoms with Crippen molar-refractivity contribution in [1.29, 1.82) is 0 Å². The van der Waals surface area contributed by atoms with Crippen molar-refractivity contribution in [3.8, 4) is 11.5 Å². The van der Waals surface area contributed by atoms with Gasteiger partial charge in [0.05, 0.1) is 24.0 Å². The van der Waals surface area contributed by atoms with Crippen LogP contribution in [0, 0.1) is 11.3 Å². The predicted molar refractivity (Wildman–Crippen MR) is 109 cm³/mol. The smallest absolute Gasteiger partial charge is 0.309 e. The molecule has 0 N–H and O–H groups in total. The van der Waals surface area contributed by atoms with Gasteiger partial charge in [0.1, 0.15) is 0 Å². The van der Waals surface area contributed by atoms with Crippen LogP contribution in [0.3, 0.4) is 0 Å². The summed E-state index contributed by atoms with van der Waals surface area (Å²) in [6.45, 7) is 6.49. The summed E-state index contributed by atoms with van der Waals surface area (Å²) < 4.78 is 43.7. The number of rotatable bonds is 5. The molecular weight excluding hydrogens is 410 g/mol. The lowest BCUT2D eigenvalue weighted by molar-refractivity contribution is -0.154. The van der Waals surface area contributed by atoms with E-state index in [1.807, 2.05) is 0 Å². The van der Waals surface area contributed by atoms with Crippen molar-refractivity contribution in [2.75, 3.05) is 32.9 Å². The van der Waals surface area contributed by atoms with Crippen molar-refractivity contribution < 1.29 is 32.2 Å². The maximum atomic E-state index is 13.0. The van der Waals surface area contributed by atoms with Crippen molar-refractivity contribution in [2.24, 2.45) is 11.3 Å².